The van der Waals surface area contributed by atoms with Crippen molar-refractivity contribution in [2.24, 2.45) is 5.41 Å². The summed E-state index contributed by atoms with van der Waals surface area (Å²) in [7, 11) is 0. The van der Waals surface area contributed by atoms with Gasteiger partial charge in [0.25, 0.3) is 0 Å². The molecule has 1 rings (SSSR count). The zero-order chi connectivity index (χ0) is 12.2. The van der Waals surface area contributed by atoms with Crippen LogP contribution in [0, 0.1) is 11.2 Å². The van der Waals surface area contributed by atoms with Gasteiger partial charge in [0.15, 0.2) is 0 Å². The molecule has 0 heterocycles. The molecule has 0 amide bonds. The summed E-state index contributed by atoms with van der Waals surface area (Å²) in [4.78, 5) is 0. The molecular weight excluding hydrogens is 225 g/mol. The van der Waals surface area contributed by atoms with E-state index < -0.39 is 0 Å². The summed E-state index contributed by atoms with van der Waals surface area (Å²) in [6, 6.07) is 4.83. The van der Waals surface area contributed by atoms with Crippen LogP contribution >= 0.6 is 11.6 Å². The quantitative estimate of drug-likeness (QED) is 0.788. The summed E-state index contributed by atoms with van der Waals surface area (Å²) in [5, 5.41) is 3.51. The number of halogens is 2. The lowest BCUT2D eigenvalue weighted by Gasteiger charge is -2.18. The molecule has 0 aliphatic heterocycles. The van der Waals surface area contributed by atoms with Crippen LogP contribution in [0.15, 0.2) is 18.2 Å². The summed E-state index contributed by atoms with van der Waals surface area (Å²) < 4.78 is 12.9. The standard InChI is InChI=1S/C13H19ClFN/c1-13(2,3)6-7-16-9-10-4-5-12(15)11(14)8-10/h4-5,8,16H,6-7,9H2,1-3H3. The highest BCUT2D eigenvalue weighted by Gasteiger charge is 2.08. The average Bonchev–Trinajstić information content (AvgIpc) is 2.17. The van der Waals surface area contributed by atoms with Crippen molar-refractivity contribution in [3.63, 3.8) is 0 Å². The Morgan fingerprint density at radius 1 is 1.31 bits per heavy atom. The van der Waals surface area contributed by atoms with Gasteiger partial charge in [-0.1, -0.05) is 38.4 Å². The summed E-state index contributed by atoms with van der Waals surface area (Å²) in [6.07, 6.45) is 1.11. The van der Waals surface area contributed by atoms with Crippen molar-refractivity contribution < 1.29 is 4.39 Å². The van der Waals surface area contributed by atoms with Crippen LogP contribution in [0.2, 0.25) is 5.02 Å². The van der Waals surface area contributed by atoms with Crippen molar-refractivity contribution in [1.82, 2.24) is 5.32 Å². The Kier molecular flexibility index (Phi) is 4.75. The Hall–Kier alpha value is -0.600. The van der Waals surface area contributed by atoms with E-state index in [1.807, 2.05) is 0 Å². The molecule has 0 saturated carbocycles. The third kappa shape index (κ3) is 4.95. The molecule has 1 aromatic rings. The van der Waals surface area contributed by atoms with Crippen molar-refractivity contribution in [3.05, 3.63) is 34.6 Å². The smallest absolute Gasteiger partial charge is 0.141 e. The van der Waals surface area contributed by atoms with Crippen LogP contribution in [-0.2, 0) is 6.54 Å². The van der Waals surface area contributed by atoms with E-state index in [1.54, 1.807) is 12.1 Å². The molecule has 90 valence electrons. The van der Waals surface area contributed by atoms with E-state index in [2.05, 4.69) is 26.1 Å². The lowest BCUT2D eigenvalue weighted by atomic mass is 9.92. The van der Waals surface area contributed by atoms with E-state index in [-0.39, 0.29) is 10.8 Å². The molecule has 0 aliphatic carbocycles. The number of hydrogen-bond acceptors (Lipinski definition) is 1. The first-order chi connectivity index (χ1) is 7.38. The first kappa shape index (κ1) is 13.5. The highest BCUT2D eigenvalue weighted by atomic mass is 35.5. The summed E-state index contributed by atoms with van der Waals surface area (Å²) in [6.45, 7) is 8.32. The Morgan fingerprint density at radius 3 is 2.56 bits per heavy atom. The molecule has 0 aliphatic rings. The third-order valence-corrected chi connectivity index (χ3v) is 2.65. The highest BCUT2D eigenvalue weighted by molar-refractivity contribution is 6.30. The normalized spacial score (nSPS) is 11.8. The largest absolute Gasteiger partial charge is 0.313 e. The molecule has 0 spiro atoms. The van der Waals surface area contributed by atoms with Crippen LogP contribution in [0.5, 0.6) is 0 Å². The average molecular weight is 244 g/mol. The lowest BCUT2D eigenvalue weighted by Crippen LogP contribution is -2.20. The van der Waals surface area contributed by atoms with E-state index in [0.29, 0.717) is 5.41 Å². The predicted molar refractivity (Wildman–Crippen MR) is 67.2 cm³/mol. The van der Waals surface area contributed by atoms with Crippen LogP contribution in [0.25, 0.3) is 0 Å². The number of rotatable bonds is 4. The maximum Gasteiger partial charge on any atom is 0.141 e. The fourth-order valence-electron chi connectivity index (χ4n) is 1.35. The predicted octanol–water partition coefficient (Wildman–Crippen LogP) is 4.00. The van der Waals surface area contributed by atoms with E-state index in [1.165, 1.54) is 6.07 Å². The van der Waals surface area contributed by atoms with Gasteiger partial charge in [0.1, 0.15) is 5.82 Å². The van der Waals surface area contributed by atoms with Gasteiger partial charge in [-0.15, -0.1) is 0 Å². The van der Waals surface area contributed by atoms with E-state index in [4.69, 9.17) is 11.6 Å². The fraction of sp³-hybridized carbons (Fsp3) is 0.538. The summed E-state index contributed by atoms with van der Waals surface area (Å²) >= 11 is 5.70. The minimum atomic E-state index is -0.361. The zero-order valence-corrected chi connectivity index (χ0v) is 10.9. The van der Waals surface area contributed by atoms with Crippen LogP contribution < -0.4 is 5.32 Å². The van der Waals surface area contributed by atoms with Gasteiger partial charge < -0.3 is 5.32 Å². The van der Waals surface area contributed by atoms with Gasteiger partial charge in [-0.25, -0.2) is 4.39 Å². The van der Waals surface area contributed by atoms with E-state index in [0.717, 1.165) is 25.1 Å². The van der Waals surface area contributed by atoms with Crippen LogP contribution in [-0.4, -0.2) is 6.54 Å². The van der Waals surface area contributed by atoms with Crippen molar-refractivity contribution in [2.75, 3.05) is 6.54 Å². The Labute approximate surface area is 102 Å². The van der Waals surface area contributed by atoms with E-state index in [9.17, 15) is 4.39 Å². The van der Waals surface area contributed by atoms with Crippen LogP contribution in [0.4, 0.5) is 4.39 Å². The molecule has 1 N–H and O–H groups in total. The first-order valence-corrected chi connectivity index (χ1v) is 5.91. The SMILES string of the molecule is CC(C)(C)CCNCc1ccc(F)c(Cl)c1. The van der Waals surface area contributed by atoms with Gasteiger partial charge in [-0.05, 0) is 36.1 Å². The zero-order valence-electron chi connectivity index (χ0n) is 10.1. The van der Waals surface area contributed by atoms with Gasteiger partial charge in [0, 0.05) is 6.54 Å². The molecule has 0 atom stereocenters. The van der Waals surface area contributed by atoms with Crippen LogP contribution in [0.1, 0.15) is 32.8 Å². The number of hydrogen-bond donors (Lipinski definition) is 1. The Balaban J connectivity index is 2.35. The van der Waals surface area contributed by atoms with Crippen molar-refractivity contribution >= 4 is 11.6 Å². The molecule has 0 saturated heterocycles. The minimum Gasteiger partial charge on any atom is -0.313 e. The van der Waals surface area contributed by atoms with Gasteiger partial charge in [-0.3, -0.25) is 0 Å². The maximum absolute atomic E-state index is 12.9. The summed E-state index contributed by atoms with van der Waals surface area (Å²) in [5.74, 6) is -0.361. The van der Waals surface area contributed by atoms with E-state index >= 15 is 0 Å². The number of nitrogens with one attached hydrogen (secondary N) is 1. The van der Waals surface area contributed by atoms with Gasteiger partial charge in [0.2, 0.25) is 0 Å². The highest BCUT2D eigenvalue weighted by Crippen LogP contribution is 2.18. The first-order valence-electron chi connectivity index (χ1n) is 5.53. The molecule has 0 aromatic heterocycles. The second kappa shape index (κ2) is 5.65. The second-order valence-corrected chi connectivity index (χ2v) is 5.64. The Morgan fingerprint density at radius 2 is 2.00 bits per heavy atom. The molecule has 3 heteroatoms. The van der Waals surface area contributed by atoms with Gasteiger partial charge >= 0.3 is 0 Å². The molecule has 0 unspecified atom stereocenters. The lowest BCUT2D eigenvalue weighted by molar-refractivity contribution is 0.366. The Bertz CT molecular complexity index is 344. The molecular formula is C13H19ClFN. The molecule has 0 fully saturated rings. The molecule has 0 radical (unpaired) electrons. The summed E-state index contributed by atoms with van der Waals surface area (Å²) in [5.41, 5.74) is 1.35. The minimum absolute atomic E-state index is 0.190. The fourth-order valence-corrected chi connectivity index (χ4v) is 1.55. The molecule has 0 bridgehead atoms. The van der Waals surface area contributed by atoms with Crippen molar-refractivity contribution in [1.29, 1.82) is 0 Å². The van der Waals surface area contributed by atoms with Crippen molar-refractivity contribution in [3.8, 4) is 0 Å². The van der Waals surface area contributed by atoms with Gasteiger partial charge in [0.05, 0.1) is 5.02 Å². The number of benzene rings is 1. The van der Waals surface area contributed by atoms with Crippen LogP contribution in [0.3, 0.4) is 0 Å². The molecule has 16 heavy (non-hydrogen) atoms. The van der Waals surface area contributed by atoms with Gasteiger partial charge in [-0.2, -0.15) is 0 Å². The molecule has 1 nitrogen and oxygen atoms in total. The second-order valence-electron chi connectivity index (χ2n) is 5.24. The maximum atomic E-state index is 12.9. The topological polar surface area (TPSA) is 12.0 Å². The third-order valence-electron chi connectivity index (χ3n) is 2.36. The molecule has 1 aromatic carbocycles. The monoisotopic (exact) mass is 243 g/mol. The van der Waals surface area contributed by atoms with Crippen molar-refractivity contribution in [2.45, 2.75) is 33.7 Å².